The quantitative estimate of drug-likeness (QED) is 0.770. The molecule has 0 aliphatic carbocycles. The molecule has 1 aliphatic rings. The molecule has 4 rings (SSSR count). The fourth-order valence-corrected chi connectivity index (χ4v) is 3.10. The van der Waals surface area contributed by atoms with Crippen LogP contribution in [0.15, 0.2) is 53.1 Å². The van der Waals surface area contributed by atoms with Gasteiger partial charge in [0.05, 0.1) is 11.3 Å². The number of rotatable bonds is 4. The molecule has 1 saturated heterocycles. The number of nitrogens with zero attached hydrogens (tertiary/aromatic N) is 3. The molecule has 2 aromatic carbocycles. The standard InChI is InChI=1S/C20H18N4O3/c1-13-6-2-3-7-14(13)12-17-21-19(27-23-17)15-8-4-5-9-16(15)24-11-10-18(25)22-20(24)26/h2-9H,10-12H2,1H3,(H,22,25,26). The Bertz CT molecular complexity index is 1010. The molecule has 3 aromatic rings. The van der Waals surface area contributed by atoms with Crippen molar-refractivity contribution < 1.29 is 14.1 Å². The minimum Gasteiger partial charge on any atom is -0.334 e. The molecule has 2 heterocycles. The van der Waals surface area contributed by atoms with Crippen molar-refractivity contribution in [3.63, 3.8) is 0 Å². The Morgan fingerprint density at radius 3 is 2.70 bits per heavy atom. The number of hydrogen-bond acceptors (Lipinski definition) is 5. The number of imide groups is 1. The highest BCUT2D eigenvalue weighted by atomic mass is 16.5. The molecule has 136 valence electrons. The van der Waals surface area contributed by atoms with Crippen LogP contribution in [0.2, 0.25) is 0 Å². The van der Waals surface area contributed by atoms with Gasteiger partial charge in [0.1, 0.15) is 0 Å². The van der Waals surface area contributed by atoms with Crippen LogP contribution in [-0.2, 0) is 11.2 Å². The van der Waals surface area contributed by atoms with Gasteiger partial charge >= 0.3 is 6.03 Å². The molecule has 0 radical (unpaired) electrons. The lowest BCUT2D eigenvalue weighted by molar-refractivity contribution is -0.120. The molecule has 0 unspecified atom stereocenters. The summed E-state index contributed by atoms with van der Waals surface area (Å²) in [5.74, 6) is 0.651. The molecule has 1 N–H and O–H groups in total. The van der Waals surface area contributed by atoms with Gasteiger partial charge < -0.3 is 4.52 Å². The SMILES string of the molecule is Cc1ccccc1Cc1noc(-c2ccccc2N2CCC(=O)NC2=O)n1. The number of benzene rings is 2. The Kier molecular flexibility index (Phi) is 4.42. The van der Waals surface area contributed by atoms with Gasteiger partial charge in [0.2, 0.25) is 5.91 Å². The zero-order valence-electron chi connectivity index (χ0n) is 14.8. The van der Waals surface area contributed by atoms with E-state index in [1.54, 1.807) is 6.07 Å². The summed E-state index contributed by atoms with van der Waals surface area (Å²) < 4.78 is 5.46. The van der Waals surface area contributed by atoms with Crippen molar-refractivity contribution in [1.82, 2.24) is 15.5 Å². The Morgan fingerprint density at radius 1 is 1.11 bits per heavy atom. The van der Waals surface area contributed by atoms with Crippen molar-refractivity contribution >= 4 is 17.6 Å². The number of aryl methyl sites for hydroxylation is 1. The minimum atomic E-state index is -0.446. The van der Waals surface area contributed by atoms with E-state index in [2.05, 4.69) is 15.5 Å². The van der Waals surface area contributed by atoms with E-state index in [0.29, 0.717) is 35.9 Å². The monoisotopic (exact) mass is 362 g/mol. The first-order valence-corrected chi connectivity index (χ1v) is 8.69. The van der Waals surface area contributed by atoms with Crippen molar-refractivity contribution in [1.29, 1.82) is 0 Å². The number of carbonyl (C=O) groups is 2. The Labute approximate surface area is 156 Å². The van der Waals surface area contributed by atoms with E-state index in [1.807, 2.05) is 49.4 Å². The topological polar surface area (TPSA) is 88.3 Å². The number of hydrogen-bond donors (Lipinski definition) is 1. The molecule has 7 heteroatoms. The van der Waals surface area contributed by atoms with Gasteiger partial charge in [-0.3, -0.25) is 15.0 Å². The predicted octanol–water partition coefficient (Wildman–Crippen LogP) is 3.08. The van der Waals surface area contributed by atoms with Gasteiger partial charge in [-0.15, -0.1) is 0 Å². The van der Waals surface area contributed by atoms with Gasteiger partial charge in [-0.25, -0.2) is 4.79 Å². The first-order valence-electron chi connectivity index (χ1n) is 8.69. The summed E-state index contributed by atoms with van der Waals surface area (Å²) in [5.41, 5.74) is 3.59. The highest BCUT2D eigenvalue weighted by Crippen LogP contribution is 2.31. The molecule has 0 atom stereocenters. The molecule has 0 saturated carbocycles. The number of aromatic nitrogens is 2. The van der Waals surface area contributed by atoms with Crippen LogP contribution >= 0.6 is 0 Å². The van der Waals surface area contributed by atoms with Crippen LogP contribution in [0.25, 0.3) is 11.5 Å². The van der Waals surface area contributed by atoms with E-state index < -0.39 is 6.03 Å². The molecule has 0 spiro atoms. The lowest BCUT2D eigenvalue weighted by Gasteiger charge is -2.27. The maximum Gasteiger partial charge on any atom is 0.328 e. The number of para-hydroxylation sites is 1. The van der Waals surface area contributed by atoms with Gasteiger partial charge in [-0.1, -0.05) is 41.6 Å². The molecule has 0 bridgehead atoms. The van der Waals surface area contributed by atoms with Gasteiger partial charge in [-0.05, 0) is 30.2 Å². The van der Waals surface area contributed by atoms with Crippen LogP contribution in [0.5, 0.6) is 0 Å². The minimum absolute atomic E-state index is 0.252. The summed E-state index contributed by atoms with van der Waals surface area (Å²) in [6, 6.07) is 14.9. The third kappa shape index (κ3) is 3.44. The molecular formula is C20H18N4O3. The highest BCUT2D eigenvalue weighted by molar-refractivity contribution is 6.07. The molecule has 3 amide bonds. The van der Waals surface area contributed by atoms with Crippen LogP contribution in [0.4, 0.5) is 10.5 Å². The molecule has 7 nitrogen and oxygen atoms in total. The second-order valence-electron chi connectivity index (χ2n) is 6.39. The van der Waals surface area contributed by atoms with Gasteiger partial charge in [0.25, 0.3) is 5.89 Å². The molecule has 1 fully saturated rings. The second kappa shape index (κ2) is 7.03. The maximum absolute atomic E-state index is 12.2. The Morgan fingerprint density at radius 2 is 1.89 bits per heavy atom. The van der Waals surface area contributed by atoms with E-state index in [0.717, 1.165) is 5.56 Å². The number of amides is 3. The zero-order chi connectivity index (χ0) is 18.8. The van der Waals surface area contributed by atoms with E-state index in [9.17, 15) is 9.59 Å². The van der Waals surface area contributed by atoms with Crippen LogP contribution in [-0.4, -0.2) is 28.6 Å². The van der Waals surface area contributed by atoms with Crippen molar-refractivity contribution in [2.75, 3.05) is 11.4 Å². The summed E-state index contributed by atoms with van der Waals surface area (Å²) in [5, 5.41) is 6.42. The number of urea groups is 1. The first-order chi connectivity index (χ1) is 13.1. The number of anilines is 1. The lowest BCUT2D eigenvalue weighted by Crippen LogP contribution is -2.49. The Hall–Kier alpha value is -3.48. The predicted molar refractivity (Wildman–Crippen MR) is 99.2 cm³/mol. The number of nitrogens with one attached hydrogen (secondary N) is 1. The van der Waals surface area contributed by atoms with E-state index >= 15 is 0 Å². The molecule has 1 aromatic heterocycles. The smallest absolute Gasteiger partial charge is 0.328 e. The summed E-state index contributed by atoms with van der Waals surface area (Å²) in [6.45, 7) is 2.35. The maximum atomic E-state index is 12.2. The second-order valence-corrected chi connectivity index (χ2v) is 6.39. The van der Waals surface area contributed by atoms with Crippen molar-refractivity contribution in [3.8, 4) is 11.5 Å². The van der Waals surface area contributed by atoms with Gasteiger partial charge in [0.15, 0.2) is 5.82 Å². The molecule has 1 aliphatic heterocycles. The van der Waals surface area contributed by atoms with Crippen molar-refractivity contribution in [2.45, 2.75) is 19.8 Å². The fraction of sp³-hybridized carbons (Fsp3) is 0.200. The summed E-state index contributed by atoms with van der Waals surface area (Å²) in [7, 11) is 0. The normalized spacial score (nSPS) is 14.3. The molecule has 27 heavy (non-hydrogen) atoms. The van der Waals surface area contributed by atoms with Crippen LogP contribution < -0.4 is 10.2 Å². The van der Waals surface area contributed by atoms with Gasteiger partial charge in [-0.2, -0.15) is 4.98 Å². The van der Waals surface area contributed by atoms with Crippen molar-refractivity contribution in [2.24, 2.45) is 0 Å². The van der Waals surface area contributed by atoms with Crippen LogP contribution in [0, 0.1) is 6.92 Å². The summed E-state index contributed by atoms with van der Waals surface area (Å²) >= 11 is 0. The lowest BCUT2D eigenvalue weighted by atomic mass is 10.1. The Balaban J connectivity index is 1.63. The third-order valence-electron chi connectivity index (χ3n) is 4.56. The summed E-state index contributed by atoms with van der Waals surface area (Å²) in [6.07, 6.45) is 0.819. The van der Waals surface area contributed by atoms with E-state index in [1.165, 1.54) is 10.5 Å². The highest BCUT2D eigenvalue weighted by Gasteiger charge is 2.27. The van der Waals surface area contributed by atoms with Gasteiger partial charge in [0, 0.05) is 19.4 Å². The fourth-order valence-electron chi connectivity index (χ4n) is 3.10. The average Bonchev–Trinajstić information content (AvgIpc) is 3.12. The van der Waals surface area contributed by atoms with Crippen molar-refractivity contribution in [3.05, 3.63) is 65.5 Å². The summed E-state index contributed by atoms with van der Waals surface area (Å²) in [4.78, 5) is 29.6. The molecular weight excluding hydrogens is 344 g/mol. The van der Waals surface area contributed by atoms with Crippen LogP contribution in [0.1, 0.15) is 23.4 Å². The largest absolute Gasteiger partial charge is 0.334 e. The van der Waals surface area contributed by atoms with Crippen LogP contribution in [0.3, 0.4) is 0 Å². The average molecular weight is 362 g/mol. The van der Waals surface area contributed by atoms with E-state index in [-0.39, 0.29) is 12.3 Å². The first kappa shape index (κ1) is 17.0. The third-order valence-corrected chi connectivity index (χ3v) is 4.56. The zero-order valence-corrected chi connectivity index (χ0v) is 14.8. The number of carbonyl (C=O) groups excluding carboxylic acids is 2. The van der Waals surface area contributed by atoms with E-state index in [4.69, 9.17) is 4.52 Å².